The normalized spacial score (nSPS) is 18.4. The van der Waals surface area contributed by atoms with Crippen molar-refractivity contribution < 1.29 is 0 Å². The summed E-state index contributed by atoms with van der Waals surface area (Å²) in [5.41, 5.74) is 7.90. The third-order valence-electron chi connectivity index (χ3n) is 4.53. The van der Waals surface area contributed by atoms with Gasteiger partial charge in [-0.25, -0.2) is 4.98 Å². The summed E-state index contributed by atoms with van der Waals surface area (Å²) in [6.07, 6.45) is 8.22. The molecule has 1 unspecified atom stereocenters. The number of fused-ring (bicyclic) bond motifs is 1. The molecule has 4 rings (SSSR count). The molecule has 118 valence electrons. The molecule has 0 aliphatic carbocycles. The summed E-state index contributed by atoms with van der Waals surface area (Å²) < 4.78 is 1.95. The van der Waals surface area contributed by atoms with Crippen molar-refractivity contribution in [3.63, 3.8) is 0 Å². The molecule has 2 aromatic heterocycles. The summed E-state index contributed by atoms with van der Waals surface area (Å²) in [6.45, 7) is 1.00. The fourth-order valence-electron chi connectivity index (χ4n) is 3.39. The summed E-state index contributed by atoms with van der Waals surface area (Å²) in [4.78, 5) is 6.46. The van der Waals surface area contributed by atoms with E-state index in [2.05, 4.69) is 50.4 Å². The highest BCUT2D eigenvalue weighted by Crippen LogP contribution is 2.26. The molecule has 1 atom stereocenters. The highest BCUT2D eigenvalue weighted by atomic mass is 15.4. The lowest BCUT2D eigenvalue weighted by Crippen LogP contribution is -2.42. The molecule has 1 aliphatic rings. The molecule has 3 heterocycles. The lowest BCUT2D eigenvalue weighted by molar-refractivity contribution is 0.449. The lowest BCUT2D eigenvalue weighted by Gasteiger charge is -2.36. The van der Waals surface area contributed by atoms with Gasteiger partial charge in [-0.05, 0) is 31.2 Å². The lowest BCUT2D eigenvalue weighted by atomic mass is 9.96. The Hall–Kier alpha value is -2.63. The number of rotatable bonds is 3. The first-order valence-corrected chi connectivity index (χ1v) is 8.09. The van der Waals surface area contributed by atoms with Crippen LogP contribution in [-0.2, 0) is 6.42 Å². The number of nitrogens with zero attached hydrogens (tertiary/aromatic N) is 5. The first kappa shape index (κ1) is 14.0. The van der Waals surface area contributed by atoms with E-state index in [-0.39, 0.29) is 0 Å². The van der Waals surface area contributed by atoms with Crippen LogP contribution < -0.4 is 10.6 Å². The average Bonchev–Trinajstić information content (AvgIpc) is 3.02. The monoisotopic (exact) mass is 308 g/mol. The summed E-state index contributed by atoms with van der Waals surface area (Å²) in [5, 5.41) is 8.61. The molecular weight excluding hydrogens is 288 g/mol. The van der Waals surface area contributed by atoms with Crippen LogP contribution in [0.15, 0.2) is 42.7 Å². The minimum Gasteiger partial charge on any atom is -0.381 e. The number of anilines is 2. The first-order valence-electron chi connectivity index (χ1n) is 8.09. The quantitative estimate of drug-likeness (QED) is 0.804. The van der Waals surface area contributed by atoms with E-state index in [4.69, 9.17) is 5.73 Å². The molecule has 6 nitrogen and oxygen atoms in total. The van der Waals surface area contributed by atoms with E-state index >= 15 is 0 Å². The molecule has 6 heteroatoms. The predicted octanol–water partition coefficient (Wildman–Crippen LogP) is 2.31. The fourth-order valence-corrected chi connectivity index (χ4v) is 3.39. The first-order chi connectivity index (χ1) is 11.3. The van der Waals surface area contributed by atoms with Gasteiger partial charge in [0.05, 0.1) is 0 Å². The van der Waals surface area contributed by atoms with Crippen LogP contribution >= 0.6 is 0 Å². The van der Waals surface area contributed by atoms with E-state index in [0.29, 0.717) is 17.5 Å². The molecule has 1 fully saturated rings. The van der Waals surface area contributed by atoms with Gasteiger partial charge < -0.3 is 10.6 Å². The van der Waals surface area contributed by atoms with Crippen LogP contribution in [0, 0.1) is 0 Å². The largest absolute Gasteiger partial charge is 0.381 e. The van der Waals surface area contributed by atoms with Crippen LogP contribution in [0.25, 0.3) is 5.65 Å². The van der Waals surface area contributed by atoms with Crippen molar-refractivity contribution in [2.45, 2.75) is 31.7 Å². The number of hydrogen-bond donors (Lipinski definition) is 1. The van der Waals surface area contributed by atoms with Gasteiger partial charge in [-0.3, -0.25) is 4.40 Å². The summed E-state index contributed by atoms with van der Waals surface area (Å²) in [5.74, 6) is 1.29. The van der Waals surface area contributed by atoms with Gasteiger partial charge in [-0.1, -0.05) is 30.3 Å². The van der Waals surface area contributed by atoms with Crippen LogP contribution in [0.4, 0.5) is 11.8 Å². The van der Waals surface area contributed by atoms with E-state index < -0.39 is 0 Å². The van der Waals surface area contributed by atoms with Crippen molar-refractivity contribution in [1.29, 1.82) is 0 Å². The number of benzene rings is 1. The highest BCUT2D eigenvalue weighted by molar-refractivity contribution is 5.61. The van der Waals surface area contributed by atoms with Crippen molar-refractivity contribution in [3.05, 3.63) is 48.3 Å². The molecule has 0 bridgehead atoms. The van der Waals surface area contributed by atoms with Crippen LogP contribution in [0.1, 0.15) is 24.8 Å². The number of nitrogens with two attached hydrogens (primary N) is 1. The van der Waals surface area contributed by atoms with Crippen molar-refractivity contribution >= 4 is 17.4 Å². The zero-order valence-electron chi connectivity index (χ0n) is 13.0. The minimum absolute atomic E-state index is 0.419. The molecule has 1 aliphatic heterocycles. The van der Waals surface area contributed by atoms with Gasteiger partial charge in [0, 0.05) is 25.0 Å². The molecule has 2 N–H and O–H groups in total. The second-order valence-corrected chi connectivity index (χ2v) is 6.04. The van der Waals surface area contributed by atoms with Crippen LogP contribution in [0.2, 0.25) is 0 Å². The fraction of sp³-hybridized carbons (Fsp3) is 0.353. The van der Waals surface area contributed by atoms with Gasteiger partial charge >= 0.3 is 0 Å². The SMILES string of the molecule is Nc1nccn2c(N3CCCCC3Cc3ccccc3)nnc12. The Kier molecular flexibility index (Phi) is 3.57. The molecule has 0 radical (unpaired) electrons. The van der Waals surface area contributed by atoms with Crippen LogP contribution in [0.5, 0.6) is 0 Å². The smallest absolute Gasteiger partial charge is 0.232 e. The van der Waals surface area contributed by atoms with E-state index in [1.54, 1.807) is 6.20 Å². The Morgan fingerprint density at radius 1 is 1.13 bits per heavy atom. The number of nitrogen functional groups attached to an aromatic ring is 1. The van der Waals surface area contributed by atoms with E-state index in [9.17, 15) is 0 Å². The summed E-state index contributed by atoms with van der Waals surface area (Å²) in [7, 11) is 0. The Bertz CT molecular complexity index is 797. The van der Waals surface area contributed by atoms with Crippen LogP contribution in [0.3, 0.4) is 0 Å². The molecule has 1 saturated heterocycles. The molecule has 0 amide bonds. The zero-order chi connectivity index (χ0) is 15.6. The average molecular weight is 308 g/mol. The number of aromatic nitrogens is 4. The maximum Gasteiger partial charge on any atom is 0.232 e. The summed E-state index contributed by atoms with van der Waals surface area (Å²) >= 11 is 0. The van der Waals surface area contributed by atoms with Gasteiger partial charge in [0.15, 0.2) is 5.82 Å². The highest BCUT2D eigenvalue weighted by Gasteiger charge is 2.26. The Morgan fingerprint density at radius 2 is 2.00 bits per heavy atom. The molecular formula is C17H20N6. The van der Waals surface area contributed by atoms with E-state index in [1.807, 2.05) is 10.6 Å². The number of piperidine rings is 1. The Morgan fingerprint density at radius 3 is 2.87 bits per heavy atom. The number of hydrogen-bond acceptors (Lipinski definition) is 5. The predicted molar refractivity (Wildman–Crippen MR) is 90.3 cm³/mol. The maximum absolute atomic E-state index is 5.90. The minimum atomic E-state index is 0.419. The standard InChI is InChI=1S/C17H20N6/c18-15-16-20-21-17(23(16)11-9-19-15)22-10-5-4-8-14(22)12-13-6-2-1-3-7-13/h1-3,6-7,9,11,14H,4-5,8,10,12H2,(H2,18,19). The second kappa shape index (κ2) is 5.87. The third-order valence-corrected chi connectivity index (χ3v) is 4.53. The van der Waals surface area contributed by atoms with Gasteiger partial charge in [-0.2, -0.15) is 0 Å². The van der Waals surface area contributed by atoms with Gasteiger partial charge in [0.2, 0.25) is 11.6 Å². The van der Waals surface area contributed by atoms with Crippen molar-refractivity contribution in [3.8, 4) is 0 Å². The zero-order valence-corrected chi connectivity index (χ0v) is 13.0. The molecule has 23 heavy (non-hydrogen) atoms. The molecule has 0 saturated carbocycles. The Balaban J connectivity index is 1.68. The van der Waals surface area contributed by atoms with Gasteiger partial charge in [0.25, 0.3) is 0 Å². The van der Waals surface area contributed by atoms with Crippen LogP contribution in [-0.4, -0.2) is 32.2 Å². The van der Waals surface area contributed by atoms with E-state index in [0.717, 1.165) is 18.9 Å². The molecule has 1 aromatic carbocycles. The molecule has 0 spiro atoms. The van der Waals surface area contributed by atoms with Crippen molar-refractivity contribution in [1.82, 2.24) is 19.6 Å². The van der Waals surface area contributed by atoms with Crippen molar-refractivity contribution in [2.24, 2.45) is 0 Å². The third kappa shape index (κ3) is 2.60. The van der Waals surface area contributed by atoms with Gasteiger partial charge in [-0.15, -0.1) is 10.2 Å². The van der Waals surface area contributed by atoms with Crippen molar-refractivity contribution in [2.75, 3.05) is 17.2 Å². The molecule has 3 aromatic rings. The topological polar surface area (TPSA) is 72.3 Å². The maximum atomic E-state index is 5.90. The van der Waals surface area contributed by atoms with E-state index in [1.165, 1.54) is 24.8 Å². The van der Waals surface area contributed by atoms with Gasteiger partial charge in [0.1, 0.15) is 0 Å². The Labute approximate surface area is 135 Å². The second-order valence-electron chi connectivity index (χ2n) is 6.04. The summed E-state index contributed by atoms with van der Waals surface area (Å²) in [6, 6.07) is 11.1.